The molecule has 0 atom stereocenters. The van der Waals surface area contributed by atoms with Gasteiger partial charge in [0, 0.05) is 6.20 Å². The van der Waals surface area contributed by atoms with E-state index in [0.717, 1.165) is 6.07 Å². The topological polar surface area (TPSA) is 34.2 Å². The number of aromatic nitrogens is 1. The van der Waals surface area contributed by atoms with E-state index in [0.29, 0.717) is 0 Å². The SMILES string of the molecule is Fc1cc(Cl)cnc1Nc1ccccc1OC(F)F. The predicted octanol–water partition coefficient (Wildman–Crippen LogP) is 4.22. The van der Waals surface area contributed by atoms with Gasteiger partial charge < -0.3 is 10.1 Å². The van der Waals surface area contributed by atoms with E-state index in [-0.39, 0.29) is 22.3 Å². The Morgan fingerprint density at radius 2 is 2.00 bits per heavy atom. The first kappa shape index (κ1) is 13.5. The van der Waals surface area contributed by atoms with Gasteiger partial charge in [-0.25, -0.2) is 9.37 Å². The van der Waals surface area contributed by atoms with E-state index < -0.39 is 12.4 Å². The van der Waals surface area contributed by atoms with Gasteiger partial charge in [0.2, 0.25) is 0 Å². The summed E-state index contributed by atoms with van der Waals surface area (Å²) in [5.41, 5.74) is 0.177. The Balaban J connectivity index is 2.27. The molecule has 3 nitrogen and oxygen atoms in total. The summed E-state index contributed by atoms with van der Waals surface area (Å²) < 4.78 is 42.3. The van der Waals surface area contributed by atoms with Crippen LogP contribution in [0.5, 0.6) is 5.75 Å². The highest BCUT2D eigenvalue weighted by Gasteiger charge is 2.11. The van der Waals surface area contributed by atoms with Crippen molar-refractivity contribution in [2.24, 2.45) is 0 Å². The molecule has 2 rings (SSSR count). The van der Waals surface area contributed by atoms with Gasteiger partial charge in [0.25, 0.3) is 0 Å². The standard InChI is InChI=1S/C12H8ClF3N2O/c13-7-5-8(14)11(17-6-7)18-9-3-1-2-4-10(9)19-12(15)16/h1-6,12H,(H,17,18). The van der Waals surface area contributed by atoms with Crippen LogP contribution in [-0.2, 0) is 0 Å². The first-order chi connectivity index (χ1) is 9.06. The molecule has 100 valence electrons. The van der Waals surface area contributed by atoms with Crippen LogP contribution >= 0.6 is 11.6 Å². The van der Waals surface area contributed by atoms with E-state index in [4.69, 9.17) is 11.6 Å². The van der Waals surface area contributed by atoms with E-state index in [1.807, 2.05) is 0 Å². The molecule has 0 saturated heterocycles. The van der Waals surface area contributed by atoms with Gasteiger partial charge in [0.1, 0.15) is 5.75 Å². The Labute approximate surface area is 112 Å². The van der Waals surface area contributed by atoms with Crippen molar-refractivity contribution in [2.75, 3.05) is 5.32 Å². The van der Waals surface area contributed by atoms with Gasteiger partial charge in [0.05, 0.1) is 10.7 Å². The van der Waals surface area contributed by atoms with Gasteiger partial charge in [-0.3, -0.25) is 0 Å². The summed E-state index contributed by atoms with van der Waals surface area (Å²) in [6.07, 6.45) is 1.24. The number of nitrogens with one attached hydrogen (secondary N) is 1. The van der Waals surface area contributed by atoms with Crippen LogP contribution in [0.2, 0.25) is 5.02 Å². The zero-order valence-corrected chi connectivity index (χ0v) is 10.2. The minimum absolute atomic E-state index is 0.103. The molecule has 0 aliphatic carbocycles. The molecule has 1 N–H and O–H groups in total. The maximum Gasteiger partial charge on any atom is 0.387 e. The molecule has 19 heavy (non-hydrogen) atoms. The van der Waals surface area contributed by atoms with E-state index in [1.54, 1.807) is 6.07 Å². The number of rotatable bonds is 4. The fraction of sp³-hybridized carbons (Fsp3) is 0.0833. The lowest BCUT2D eigenvalue weighted by atomic mass is 10.3. The lowest BCUT2D eigenvalue weighted by Gasteiger charge is -2.12. The number of nitrogens with zero attached hydrogens (tertiary/aromatic N) is 1. The van der Waals surface area contributed by atoms with Crippen molar-refractivity contribution in [2.45, 2.75) is 6.61 Å². The van der Waals surface area contributed by atoms with Gasteiger partial charge in [-0.15, -0.1) is 0 Å². The average molecular weight is 289 g/mol. The molecule has 0 spiro atoms. The van der Waals surface area contributed by atoms with Crippen LogP contribution in [0.1, 0.15) is 0 Å². The molecule has 0 aliphatic rings. The largest absolute Gasteiger partial charge is 0.433 e. The van der Waals surface area contributed by atoms with Crippen molar-refractivity contribution in [1.29, 1.82) is 0 Å². The fourth-order valence-electron chi connectivity index (χ4n) is 1.40. The molecule has 0 amide bonds. The molecular formula is C12H8ClF3N2O. The fourth-order valence-corrected chi connectivity index (χ4v) is 1.55. The summed E-state index contributed by atoms with van der Waals surface area (Å²) in [5.74, 6) is -0.928. The molecule has 0 fully saturated rings. The Morgan fingerprint density at radius 1 is 1.26 bits per heavy atom. The van der Waals surface area contributed by atoms with Crippen molar-refractivity contribution in [3.63, 3.8) is 0 Å². The van der Waals surface area contributed by atoms with Crippen LogP contribution in [-0.4, -0.2) is 11.6 Å². The maximum atomic E-state index is 13.5. The maximum absolute atomic E-state index is 13.5. The minimum Gasteiger partial charge on any atom is -0.433 e. The summed E-state index contributed by atoms with van der Waals surface area (Å²) in [6.45, 7) is -2.97. The highest BCUT2D eigenvalue weighted by Crippen LogP contribution is 2.29. The second-order valence-electron chi connectivity index (χ2n) is 3.48. The highest BCUT2D eigenvalue weighted by atomic mass is 35.5. The van der Waals surface area contributed by atoms with Crippen molar-refractivity contribution in [1.82, 2.24) is 4.98 Å². The molecule has 0 bridgehead atoms. The number of alkyl halides is 2. The number of benzene rings is 1. The third kappa shape index (κ3) is 3.51. The van der Waals surface area contributed by atoms with E-state index in [9.17, 15) is 13.2 Å². The van der Waals surface area contributed by atoms with Crippen molar-refractivity contribution >= 4 is 23.1 Å². The molecule has 1 aromatic carbocycles. The van der Waals surface area contributed by atoms with E-state index in [2.05, 4.69) is 15.0 Å². The van der Waals surface area contributed by atoms with Gasteiger partial charge in [-0.2, -0.15) is 8.78 Å². The second kappa shape index (κ2) is 5.79. The Bertz CT molecular complexity index is 581. The molecule has 1 aromatic heterocycles. The lowest BCUT2D eigenvalue weighted by molar-refractivity contribution is -0.0493. The Morgan fingerprint density at radius 3 is 2.68 bits per heavy atom. The van der Waals surface area contributed by atoms with Crippen LogP contribution < -0.4 is 10.1 Å². The third-order valence-electron chi connectivity index (χ3n) is 2.16. The second-order valence-corrected chi connectivity index (χ2v) is 3.92. The van der Waals surface area contributed by atoms with Crippen LogP contribution in [0.3, 0.4) is 0 Å². The number of anilines is 2. The van der Waals surface area contributed by atoms with E-state index >= 15 is 0 Å². The summed E-state index contributed by atoms with van der Waals surface area (Å²) in [5, 5.41) is 2.71. The zero-order valence-electron chi connectivity index (χ0n) is 9.41. The third-order valence-corrected chi connectivity index (χ3v) is 2.37. The normalized spacial score (nSPS) is 10.6. The Kier molecular flexibility index (Phi) is 4.11. The van der Waals surface area contributed by atoms with Gasteiger partial charge in [-0.1, -0.05) is 23.7 Å². The lowest BCUT2D eigenvalue weighted by Crippen LogP contribution is -2.05. The summed E-state index contributed by atoms with van der Waals surface area (Å²) in [7, 11) is 0. The molecule has 7 heteroatoms. The molecule has 0 radical (unpaired) electrons. The summed E-state index contributed by atoms with van der Waals surface area (Å²) >= 11 is 5.57. The van der Waals surface area contributed by atoms with Crippen LogP contribution in [0.15, 0.2) is 36.5 Å². The zero-order chi connectivity index (χ0) is 13.8. The molecule has 0 aliphatic heterocycles. The van der Waals surface area contributed by atoms with Crippen LogP contribution in [0.4, 0.5) is 24.7 Å². The average Bonchev–Trinajstić information content (AvgIpc) is 2.34. The number of hydrogen-bond acceptors (Lipinski definition) is 3. The number of para-hydroxylation sites is 2. The van der Waals surface area contributed by atoms with Crippen LogP contribution in [0, 0.1) is 5.82 Å². The van der Waals surface area contributed by atoms with Gasteiger partial charge in [0.15, 0.2) is 11.6 Å². The number of ether oxygens (including phenoxy) is 1. The highest BCUT2D eigenvalue weighted by molar-refractivity contribution is 6.30. The van der Waals surface area contributed by atoms with Crippen LogP contribution in [0.25, 0.3) is 0 Å². The van der Waals surface area contributed by atoms with Crippen molar-refractivity contribution < 1.29 is 17.9 Å². The Hall–Kier alpha value is -1.95. The number of pyridine rings is 1. The number of hydrogen-bond donors (Lipinski definition) is 1. The molecule has 2 aromatic rings. The van der Waals surface area contributed by atoms with Gasteiger partial charge in [-0.05, 0) is 18.2 Å². The van der Waals surface area contributed by atoms with E-state index in [1.165, 1.54) is 24.4 Å². The smallest absolute Gasteiger partial charge is 0.387 e. The van der Waals surface area contributed by atoms with Crippen molar-refractivity contribution in [3.05, 3.63) is 47.4 Å². The monoisotopic (exact) mass is 288 g/mol. The van der Waals surface area contributed by atoms with Gasteiger partial charge >= 0.3 is 6.61 Å². The first-order valence-electron chi connectivity index (χ1n) is 5.18. The quantitative estimate of drug-likeness (QED) is 0.914. The summed E-state index contributed by atoms with van der Waals surface area (Å²) in [6, 6.07) is 6.98. The summed E-state index contributed by atoms with van der Waals surface area (Å²) in [4.78, 5) is 3.73. The number of halogens is 4. The molecule has 1 heterocycles. The molecular weight excluding hydrogens is 281 g/mol. The predicted molar refractivity (Wildman–Crippen MR) is 65.6 cm³/mol. The first-order valence-corrected chi connectivity index (χ1v) is 5.56. The van der Waals surface area contributed by atoms with Crippen molar-refractivity contribution in [3.8, 4) is 5.75 Å². The minimum atomic E-state index is -2.97. The molecule has 0 unspecified atom stereocenters. The molecule has 0 saturated carbocycles.